The van der Waals surface area contributed by atoms with Crippen molar-refractivity contribution in [2.45, 2.75) is 51.9 Å². The zero-order chi connectivity index (χ0) is 33.0. The number of rotatable bonds is 6. The summed E-state index contributed by atoms with van der Waals surface area (Å²) in [7, 11) is 1.48. The summed E-state index contributed by atoms with van der Waals surface area (Å²) in [5.74, 6) is -1.53. The number of fused-ring (bicyclic) bond motifs is 1. The molecule has 0 saturated heterocycles. The summed E-state index contributed by atoms with van der Waals surface area (Å²) in [5, 5.41) is 29.7. The van der Waals surface area contributed by atoms with Gasteiger partial charge in [-0.15, -0.1) is 0 Å². The zero-order valence-corrected chi connectivity index (χ0v) is 23.7. The average molecular weight is 599 g/mol. The van der Waals surface area contributed by atoms with Crippen LogP contribution in [0.4, 0.5) is 15.0 Å². The van der Waals surface area contributed by atoms with Crippen molar-refractivity contribution in [1.82, 2.24) is 25.0 Å². The van der Waals surface area contributed by atoms with Crippen molar-refractivity contribution in [3.05, 3.63) is 50.8 Å². The van der Waals surface area contributed by atoms with Gasteiger partial charge in [0.25, 0.3) is 5.56 Å². The molecule has 1 aliphatic rings. The molecule has 1 saturated carbocycles. The van der Waals surface area contributed by atoms with Gasteiger partial charge in [0.1, 0.15) is 23.0 Å². The lowest BCUT2D eigenvalue weighted by molar-refractivity contribution is 0.0588. The van der Waals surface area contributed by atoms with E-state index in [0.717, 1.165) is 12.8 Å². The SMILES string of the molecule is [2H]C([2H])([2H])N(C(=O)OC(C)(C)C)c1nc(-c2cnn(C)c2-c2c(F)c(Cl)cc(OC3CC3)c2C#N)cc2c(CO)n[nH]c(=O)c12. The van der Waals surface area contributed by atoms with Crippen LogP contribution < -0.4 is 15.2 Å². The van der Waals surface area contributed by atoms with Gasteiger partial charge >= 0.3 is 6.09 Å². The number of amides is 1. The number of nitriles is 1. The number of H-pyrrole nitrogens is 1. The second kappa shape index (κ2) is 10.7. The molecular formula is C28H27ClFN7O5. The number of carbonyl (C=O) groups is 1. The van der Waals surface area contributed by atoms with Crippen LogP contribution in [0.15, 0.2) is 23.1 Å². The van der Waals surface area contributed by atoms with E-state index in [1.54, 1.807) is 0 Å². The number of nitrogens with zero attached hydrogens (tertiary/aromatic N) is 6. The van der Waals surface area contributed by atoms with Gasteiger partial charge in [-0.05, 0) is 39.7 Å². The van der Waals surface area contributed by atoms with Crippen LogP contribution in [0.2, 0.25) is 5.02 Å². The Labute approximate surface area is 248 Å². The molecule has 1 aromatic carbocycles. The number of aliphatic hydroxyl groups is 1. The lowest BCUT2D eigenvalue weighted by atomic mass is 9.98. The molecule has 0 radical (unpaired) electrons. The van der Waals surface area contributed by atoms with Gasteiger partial charge in [-0.2, -0.15) is 15.5 Å². The number of halogens is 2. The fourth-order valence-electron chi connectivity index (χ4n) is 4.35. The molecule has 42 heavy (non-hydrogen) atoms. The Morgan fingerprint density at radius 1 is 1.40 bits per heavy atom. The number of benzene rings is 1. The van der Waals surface area contributed by atoms with Gasteiger partial charge in [0.05, 0.1) is 52.0 Å². The van der Waals surface area contributed by atoms with Crippen molar-refractivity contribution in [3.63, 3.8) is 0 Å². The Morgan fingerprint density at radius 2 is 2.14 bits per heavy atom. The minimum absolute atomic E-state index is 0.00560. The number of aryl methyl sites for hydroxylation is 1. The van der Waals surface area contributed by atoms with E-state index in [4.69, 9.17) is 25.2 Å². The second-order valence-electron chi connectivity index (χ2n) is 10.6. The topological polar surface area (TPSA) is 159 Å². The fraction of sp³-hybridized carbons (Fsp3) is 0.357. The van der Waals surface area contributed by atoms with E-state index in [-0.39, 0.29) is 66.3 Å². The maximum absolute atomic E-state index is 15.8. The molecule has 1 aliphatic carbocycles. The molecule has 0 aliphatic heterocycles. The maximum Gasteiger partial charge on any atom is 0.415 e. The first-order chi connectivity index (χ1) is 21.1. The number of hydrogen-bond acceptors (Lipinski definition) is 9. The highest BCUT2D eigenvalue weighted by Gasteiger charge is 2.31. The molecule has 2 N–H and O–H groups in total. The molecule has 14 heteroatoms. The molecule has 12 nitrogen and oxygen atoms in total. The minimum Gasteiger partial charge on any atom is -0.489 e. The maximum atomic E-state index is 15.8. The molecule has 1 amide bonds. The lowest BCUT2D eigenvalue weighted by Crippen LogP contribution is -2.35. The number of pyridine rings is 1. The number of aromatic nitrogens is 5. The molecule has 4 aromatic rings. The largest absolute Gasteiger partial charge is 0.489 e. The van der Waals surface area contributed by atoms with E-state index in [1.165, 1.54) is 50.8 Å². The normalized spacial score (nSPS) is 14.6. The minimum atomic E-state index is -3.21. The third-order valence-corrected chi connectivity index (χ3v) is 6.61. The summed E-state index contributed by atoms with van der Waals surface area (Å²) in [6.07, 6.45) is 1.31. The van der Waals surface area contributed by atoms with Crippen molar-refractivity contribution >= 4 is 34.3 Å². The number of hydrogen-bond donors (Lipinski definition) is 2. The number of nitrogens with one attached hydrogen (secondary N) is 1. The van der Waals surface area contributed by atoms with Crippen LogP contribution in [0, 0.1) is 17.1 Å². The Kier molecular flexibility index (Phi) is 6.42. The van der Waals surface area contributed by atoms with Gasteiger partial charge in [-0.3, -0.25) is 14.4 Å². The first kappa shape index (κ1) is 25.2. The van der Waals surface area contributed by atoms with E-state index in [0.29, 0.717) is 0 Å². The second-order valence-corrected chi connectivity index (χ2v) is 11.0. The highest BCUT2D eigenvalue weighted by Crippen LogP contribution is 2.43. The molecule has 3 aromatic heterocycles. The number of carbonyl (C=O) groups excluding carboxylic acids is 1. The molecule has 0 atom stereocenters. The van der Waals surface area contributed by atoms with E-state index < -0.39 is 42.5 Å². The van der Waals surface area contributed by atoms with Crippen LogP contribution >= 0.6 is 11.6 Å². The van der Waals surface area contributed by atoms with Crippen LogP contribution in [-0.4, -0.2) is 54.8 Å². The molecule has 0 spiro atoms. The molecule has 5 rings (SSSR count). The summed E-state index contributed by atoms with van der Waals surface area (Å²) in [5.41, 5.74) is -2.58. The molecule has 1 fully saturated rings. The average Bonchev–Trinajstić information content (AvgIpc) is 3.67. The summed E-state index contributed by atoms with van der Waals surface area (Å²) < 4.78 is 52.8. The number of aliphatic hydroxyl groups excluding tert-OH is 1. The van der Waals surface area contributed by atoms with Crippen molar-refractivity contribution in [1.29, 1.82) is 5.26 Å². The number of ether oxygens (including phenoxy) is 2. The predicted molar refractivity (Wildman–Crippen MR) is 152 cm³/mol. The van der Waals surface area contributed by atoms with E-state index in [1.807, 2.05) is 6.07 Å². The molecular weight excluding hydrogens is 569 g/mol. The third-order valence-electron chi connectivity index (χ3n) is 6.33. The Bertz CT molecular complexity index is 1940. The van der Waals surface area contributed by atoms with E-state index in [2.05, 4.69) is 20.3 Å². The van der Waals surface area contributed by atoms with Crippen LogP contribution in [0.25, 0.3) is 33.3 Å². The number of aromatic amines is 1. The number of anilines is 1. The van der Waals surface area contributed by atoms with Crippen molar-refractivity contribution in [3.8, 4) is 34.3 Å². The van der Waals surface area contributed by atoms with E-state index >= 15 is 4.39 Å². The van der Waals surface area contributed by atoms with Crippen LogP contribution in [-0.2, 0) is 18.4 Å². The van der Waals surface area contributed by atoms with Crippen LogP contribution in [0.3, 0.4) is 0 Å². The van der Waals surface area contributed by atoms with Gasteiger partial charge in [-0.1, -0.05) is 11.6 Å². The fourth-order valence-corrected chi connectivity index (χ4v) is 4.54. The standard InChI is InChI=1S/C28H27ClFN7O5/c1-28(2,3)42-27(40)36(4)25-22-14(19(12-38)34-35-26(22)39)8-18(33-25)16-11-32-37(5)24(16)21-15(10-31)20(41-13-6-7-13)9-17(29)23(21)30/h8-9,11,13,38H,6-7,12H2,1-5H3,(H,35,39)/i4D3. The predicted octanol–water partition coefficient (Wildman–Crippen LogP) is 4.45. The van der Waals surface area contributed by atoms with Crippen molar-refractivity contribution < 1.29 is 27.9 Å². The first-order valence-corrected chi connectivity index (χ1v) is 13.1. The van der Waals surface area contributed by atoms with Gasteiger partial charge in [0.2, 0.25) is 0 Å². The van der Waals surface area contributed by atoms with Gasteiger partial charge < -0.3 is 14.6 Å². The highest BCUT2D eigenvalue weighted by atomic mass is 35.5. The van der Waals surface area contributed by atoms with Gasteiger partial charge in [-0.25, -0.2) is 19.3 Å². The summed E-state index contributed by atoms with van der Waals surface area (Å²) in [4.78, 5) is 31.1. The third kappa shape index (κ3) is 5.26. The van der Waals surface area contributed by atoms with Crippen LogP contribution in [0.1, 0.15) is 49.0 Å². The quantitative estimate of drug-likeness (QED) is 0.327. The van der Waals surface area contributed by atoms with Crippen molar-refractivity contribution in [2.75, 3.05) is 11.9 Å². The summed E-state index contributed by atoms with van der Waals surface area (Å²) in [6.45, 7) is 0.678. The smallest absolute Gasteiger partial charge is 0.415 e. The Balaban J connectivity index is 1.85. The lowest BCUT2D eigenvalue weighted by Gasteiger charge is -2.25. The molecule has 0 unspecified atom stereocenters. The monoisotopic (exact) mass is 598 g/mol. The van der Waals surface area contributed by atoms with Gasteiger partial charge in [0, 0.05) is 35.2 Å². The molecule has 218 valence electrons. The summed E-state index contributed by atoms with van der Waals surface area (Å²) >= 11 is 6.25. The Morgan fingerprint density at radius 3 is 2.76 bits per heavy atom. The summed E-state index contributed by atoms with van der Waals surface area (Å²) in [6, 6.07) is 4.52. The highest BCUT2D eigenvalue weighted by molar-refractivity contribution is 6.31. The van der Waals surface area contributed by atoms with Crippen LogP contribution in [0.5, 0.6) is 5.75 Å². The first-order valence-electron chi connectivity index (χ1n) is 14.2. The van der Waals surface area contributed by atoms with Gasteiger partial charge in [0.15, 0.2) is 11.6 Å². The molecule has 3 heterocycles. The Hall–Kier alpha value is -4.54. The van der Waals surface area contributed by atoms with E-state index in [9.17, 15) is 20.0 Å². The molecule has 0 bridgehead atoms. The van der Waals surface area contributed by atoms with Crippen molar-refractivity contribution in [2.24, 2.45) is 7.05 Å². The zero-order valence-electron chi connectivity index (χ0n) is 26.0.